The van der Waals surface area contributed by atoms with E-state index in [0.29, 0.717) is 0 Å². The fraction of sp³-hybridized carbons (Fsp3) is 0. The monoisotopic (exact) mass is 142 g/mol. The summed E-state index contributed by atoms with van der Waals surface area (Å²) < 4.78 is 0. The third-order valence-corrected chi connectivity index (χ3v) is 0.183. The number of aliphatic carboxylic acids is 2. The summed E-state index contributed by atoms with van der Waals surface area (Å²) in [5.74, 6) is -3.65. The Balaban J connectivity index is -0.0000000437. The molecule has 0 aromatic carbocycles. The maximum absolute atomic E-state index is 9.10. The van der Waals surface area contributed by atoms with Crippen molar-refractivity contribution in [1.82, 2.24) is 4.91 Å². The Labute approximate surface area is 68.7 Å². The average Bonchev–Trinajstić information content (AvgIpc) is 1.68. The molecule has 0 rings (SSSR count). The molecule has 0 aliphatic rings. The Morgan fingerprint density at radius 3 is 1.30 bits per heavy atom. The number of carboxylic acids is 2. The first kappa shape index (κ1) is 15.9. The summed E-state index contributed by atoms with van der Waals surface area (Å²) >= 11 is 0. The molecule has 0 aliphatic carbocycles. The van der Waals surface area contributed by atoms with Gasteiger partial charge in [0, 0.05) is 0 Å². The molecule has 4 N–H and O–H groups in total. The standard InChI is InChI=1S/C2H2O4.Li.H2N3.H/c3-1(4)2(5)6;;1-3-2;/h(H,3,4)(H,5,6);;1-2H;/q;2*+1;-1. The van der Waals surface area contributed by atoms with Crippen LogP contribution in [-0.2, 0) is 9.59 Å². The summed E-state index contributed by atoms with van der Waals surface area (Å²) in [5.41, 5.74) is 11.0. The van der Waals surface area contributed by atoms with Crippen LogP contribution in [0.25, 0.3) is 0 Å². The van der Waals surface area contributed by atoms with Gasteiger partial charge in [0.15, 0.2) is 0 Å². The first-order valence-electron chi connectivity index (χ1n) is 1.55. The SMILES string of the molecule is N=[N+]=N.O=C(O)C(=O)O.[H-].[Li+]. The van der Waals surface area contributed by atoms with Crippen molar-refractivity contribution in [2.75, 3.05) is 0 Å². The van der Waals surface area contributed by atoms with Crippen molar-refractivity contribution in [1.29, 1.82) is 11.1 Å². The van der Waals surface area contributed by atoms with Crippen LogP contribution in [0.4, 0.5) is 0 Å². The summed E-state index contributed by atoms with van der Waals surface area (Å²) in [6.07, 6.45) is 0. The molecule has 0 atom stereocenters. The number of carbonyl (C=O) groups is 2. The zero-order chi connectivity index (χ0) is 7.86. The molecule has 52 valence electrons. The predicted octanol–water partition coefficient (Wildman–Crippen LogP) is -3.61. The zero-order valence-corrected chi connectivity index (χ0v) is 5.16. The van der Waals surface area contributed by atoms with Crippen LogP contribution in [-0.4, -0.2) is 22.2 Å². The maximum Gasteiger partial charge on any atom is 1.00 e. The summed E-state index contributed by atoms with van der Waals surface area (Å²) in [5, 5.41) is 14.8. The molecular formula is C2H5LiN3O4+. The third kappa shape index (κ3) is 28.9. The van der Waals surface area contributed by atoms with E-state index in [1.165, 1.54) is 0 Å². The second-order valence-electron chi connectivity index (χ2n) is 0.722. The van der Waals surface area contributed by atoms with Gasteiger partial charge in [-0.2, -0.15) is 0 Å². The van der Waals surface area contributed by atoms with Crippen LogP contribution >= 0.6 is 0 Å². The maximum atomic E-state index is 9.10. The molecule has 0 heterocycles. The number of carboxylic acid groups (broad SMARTS) is 2. The fourth-order valence-electron chi connectivity index (χ4n) is 0. The first-order chi connectivity index (χ1) is 4.06. The third-order valence-electron chi connectivity index (χ3n) is 0.183. The van der Waals surface area contributed by atoms with Crippen molar-refractivity contribution >= 4 is 11.9 Å². The van der Waals surface area contributed by atoms with Gasteiger partial charge in [0.05, 0.1) is 0 Å². The Bertz CT molecular complexity index is 143. The summed E-state index contributed by atoms with van der Waals surface area (Å²) in [7, 11) is 0. The van der Waals surface area contributed by atoms with Crippen molar-refractivity contribution in [3.8, 4) is 0 Å². The van der Waals surface area contributed by atoms with E-state index in [9.17, 15) is 0 Å². The molecule has 0 unspecified atom stereocenters. The molecule has 7 nitrogen and oxygen atoms in total. The van der Waals surface area contributed by atoms with Crippen molar-refractivity contribution in [3.05, 3.63) is 0 Å². The average molecular weight is 142 g/mol. The van der Waals surface area contributed by atoms with Gasteiger partial charge >= 0.3 is 30.8 Å². The quantitative estimate of drug-likeness (QED) is 0.120. The van der Waals surface area contributed by atoms with Gasteiger partial charge < -0.3 is 11.6 Å². The normalized spacial score (nSPS) is 5.20. The first-order valence-corrected chi connectivity index (χ1v) is 1.55. The molecule has 0 aromatic rings. The van der Waals surface area contributed by atoms with E-state index in [1.807, 2.05) is 4.91 Å². The molecule has 0 radical (unpaired) electrons. The Morgan fingerprint density at radius 2 is 1.30 bits per heavy atom. The van der Waals surface area contributed by atoms with E-state index in [1.54, 1.807) is 0 Å². The van der Waals surface area contributed by atoms with E-state index in [2.05, 4.69) is 0 Å². The minimum absolute atomic E-state index is 0. The molecule has 0 aliphatic heterocycles. The van der Waals surface area contributed by atoms with Crippen LogP contribution in [0.3, 0.4) is 0 Å². The second-order valence-corrected chi connectivity index (χ2v) is 0.722. The van der Waals surface area contributed by atoms with Gasteiger partial charge in [0.1, 0.15) is 11.1 Å². The summed E-state index contributed by atoms with van der Waals surface area (Å²) in [6.45, 7) is 0. The van der Waals surface area contributed by atoms with Gasteiger partial charge in [0.25, 0.3) is 0 Å². The molecule has 0 spiro atoms. The molecule has 0 aromatic heterocycles. The second kappa shape index (κ2) is 10.8. The minimum atomic E-state index is -1.82. The van der Waals surface area contributed by atoms with Crippen molar-refractivity contribution in [3.63, 3.8) is 0 Å². The van der Waals surface area contributed by atoms with E-state index >= 15 is 0 Å². The van der Waals surface area contributed by atoms with Gasteiger partial charge in [-0.15, -0.1) is 0 Å². The van der Waals surface area contributed by atoms with Crippen molar-refractivity contribution in [2.45, 2.75) is 0 Å². The summed E-state index contributed by atoms with van der Waals surface area (Å²) in [4.78, 5) is 20.2. The number of nitrogens with one attached hydrogen (secondary N) is 2. The van der Waals surface area contributed by atoms with Crippen molar-refractivity contribution in [2.24, 2.45) is 0 Å². The van der Waals surface area contributed by atoms with Crippen molar-refractivity contribution < 1.29 is 40.1 Å². The molecule has 8 heteroatoms. The Morgan fingerprint density at radius 1 is 1.20 bits per heavy atom. The number of rotatable bonds is 0. The van der Waals surface area contributed by atoms with E-state index < -0.39 is 11.9 Å². The van der Waals surface area contributed by atoms with Gasteiger partial charge in [-0.1, -0.05) is 0 Å². The number of hydrogen-bond acceptors (Lipinski definition) is 4. The van der Waals surface area contributed by atoms with Crippen LogP contribution in [0, 0.1) is 11.1 Å². The molecule has 10 heavy (non-hydrogen) atoms. The predicted molar refractivity (Wildman–Crippen MR) is 24.0 cm³/mol. The largest absolute Gasteiger partial charge is 1.00 e. The molecular weight excluding hydrogens is 137 g/mol. The zero-order valence-electron chi connectivity index (χ0n) is 6.16. The van der Waals surface area contributed by atoms with Crippen LogP contribution < -0.4 is 23.8 Å². The van der Waals surface area contributed by atoms with Gasteiger partial charge in [-0.3, -0.25) is 0 Å². The van der Waals surface area contributed by atoms with Gasteiger partial charge in [0.2, 0.25) is 4.91 Å². The Kier molecular flexibility index (Phi) is 17.1. The molecule has 0 bridgehead atoms. The van der Waals surface area contributed by atoms with Gasteiger partial charge in [-0.05, 0) is 0 Å². The summed E-state index contributed by atoms with van der Waals surface area (Å²) in [6, 6.07) is 0. The smallest absolute Gasteiger partial charge is 1.00 e. The van der Waals surface area contributed by atoms with Gasteiger partial charge in [-0.25, -0.2) is 9.59 Å². The minimum Gasteiger partial charge on any atom is -1.00 e. The topological polar surface area (TPSA) is 136 Å². The van der Waals surface area contributed by atoms with Crippen LogP contribution in [0.5, 0.6) is 0 Å². The molecule has 0 fully saturated rings. The van der Waals surface area contributed by atoms with Crippen LogP contribution in [0.1, 0.15) is 1.43 Å². The van der Waals surface area contributed by atoms with Crippen LogP contribution in [0.15, 0.2) is 0 Å². The van der Waals surface area contributed by atoms with E-state index in [0.717, 1.165) is 0 Å². The number of nitrogens with zero attached hydrogens (tertiary/aromatic N) is 1. The molecule has 0 amide bonds. The molecule has 0 saturated heterocycles. The number of hydrogen-bond donors (Lipinski definition) is 4. The van der Waals surface area contributed by atoms with E-state index in [4.69, 9.17) is 30.9 Å². The molecule has 0 saturated carbocycles. The Hall–Kier alpha value is -1.15. The van der Waals surface area contributed by atoms with E-state index in [-0.39, 0.29) is 20.3 Å². The van der Waals surface area contributed by atoms with Crippen LogP contribution in [0.2, 0.25) is 0 Å². The fourth-order valence-corrected chi connectivity index (χ4v) is 0.